The summed E-state index contributed by atoms with van der Waals surface area (Å²) in [5, 5.41) is 5.52. The van der Waals surface area contributed by atoms with E-state index in [4.69, 9.17) is 32.7 Å². The highest BCUT2D eigenvalue weighted by molar-refractivity contribution is 9.10. The lowest BCUT2D eigenvalue weighted by Crippen LogP contribution is -2.19. The van der Waals surface area contributed by atoms with Crippen LogP contribution in [0.15, 0.2) is 94.5 Å². The average molecular weight is 637 g/mol. The van der Waals surface area contributed by atoms with E-state index in [1.54, 1.807) is 37.4 Å². The number of carbonyl (C=O) groups is 2. The Hall–Kier alpha value is -4.11. The van der Waals surface area contributed by atoms with Crippen molar-refractivity contribution in [3.63, 3.8) is 0 Å². The van der Waals surface area contributed by atoms with Gasteiger partial charge in [0.25, 0.3) is 5.91 Å². The van der Waals surface area contributed by atoms with E-state index < -0.39 is 11.9 Å². The SMILES string of the molecule is COc1ccc(Br)c2c(-c3ccccc3)c(C(=O)NN=Cc3ccccc3OC(=O)c3ccc(Cl)cc3Cl)[nH]c12. The van der Waals surface area contributed by atoms with Gasteiger partial charge in [0.1, 0.15) is 17.2 Å². The summed E-state index contributed by atoms with van der Waals surface area (Å²) in [5.74, 6) is -0.297. The molecule has 40 heavy (non-hydrogen) atoms. The highest BCUT2D eigenvalue weighted by Gasteiger charge is 2.23. The summed E-state index contributed by atoms with van der Waals surface area (Å²) in [6.45, 7) is 0. The fraction of sp³-hybridized carbons (Fsp3) is 0.0333. The summed E-state index contributed by atoms with van der Waals surface area (Å²) in [7, 11) is 1.57. The molecule has 0 fully saturated rings. The predicted octanol–water partition coefficient (Wildman–Crippen LogP) is 7.90. The molecular formula is C30H20BrCl2N3O4. The highest BCUT2D eigenvalue weighted by atomic mass is 79.9. The van der Waals surface area contributed by atoms with Crippen LogP contribution in [-0.4, -0.2) is 30.2 Å². The number of fused-ring (bicyclic) bond motifs is 1. The van der Waals surface area contributed by atoms with Crippen LogP contribution in [0.4, 0.5) is 0 Å². The van der Waals surface area contributed by atoms with Crippen molar-refractivity contribution in [3.8, 4) is 22.6 Å². The van der Waals surface area contributed by atoms with Crippen LogP contribution in [0.3, 0.4) is 0 Å². The number of halogens is 3. The largest absolute Gasteiger partial charge is 0.495 e. The predicted molar refractivity (Wildman–Crippen MR) is 161 cm³/mol. The Morgan fingerprint density at radius 1 is 0.950 bits per heavy atom. The topological polar surface area (TPSA) is 92.8 Å². The number of hydrogen-bond acceptors (Lipinski definition) is 5. The molecule has 0 saturated carbocycles. The van der Waals surface area contributed by atoms with E-state index in [9.17, 15) is 9.59 Å². The molecule has 0 atom stereocenters. The zero-order valence-electron chi connectivity index (χ0n) is 20.9. The number of aromatic nitrogens is 1. The lowest BCUT2D eigenvalue weighted by atomic mass is 10.0. The molecule has 5 rings (SSSR count). The van der Waals surface area contributed by atoms with Crippen molar-refractivity contribution < 1.29 is 19.1 Å². The Labute approximate surface area is 247 Å². The number of methoxy groups -OCH3 is 1. The molecular weight excluding hydrogens is 617 g/mol. The number of amides is 1. The van der Waals surface area contributed by atoms with Gasteiger partial charge in [0.05, 0.1) is 29.4 Å². The molecule has 0 bridgehead atoms. The number of H-pyrrole nitrogens is 1. The van der Waals surface area contributed by atoms with E-state index in [2.05, 4.69) is 31.4 Å². The molecule has 0 aliphatic rings. The van der Waals surface area contributed by atoms with Gasteiger partial charge in [0, 0.05) is 26.0 Å². The van der Waals surface area contributed by atoms with Gasteiger partial charge in [0.15, 0.2) is 0 Å². The highest BCUT2D eigenvalue weighted by Crippen LogP contribution is 2.40. The maximum atomic E-state index is 13.4. The third-order valence-corrected chi connectivity index (χ3v) is 7.23. The maximum Gasteiger partial charge on any atom is 0.345 e. The molecule has 4 aromatic carbocycles. The number of hydrazone groups is 1. The molecule has 1 heterocycles. The Bertz CT molecular complexity index is 1770. The fourth-order valence-corrected chi connectivity index (χ4v) is 5.19. The molecule has 0 unspecified atom stereocenters. The molecule has 1 aromatic heterocycles. The van der Waals surface area contributed by atoms with E-state index in [0.717, 1.165) is 15.4 Å². The summed E-state index contributed by atoms with van der Waals surface area (Å²) in [6.07, 6.45) is 1.39. The molecule has 0 aliphatic carbocycles. The van der Waals surface area contributed by atoms with Crippen molar-refractivity contribution in [2.45, 2.75) is 0 Å². The van der Waals surface area contributed by atoms with Gasteiger partial charge in [-0.2, -0.15) is 5.10 Å². The van der Waals surface area contributed by atoms with Crippen LogP contribution in [-0.2, 0) is 0 Å². The first-order valence-electron chi connectivity index (χ1n) is 11.9. The zero-order chi connectivity index (χ0) is 28.2. The standard InChI is InChI=1S/C30H20BrCl2N3O4/c1-39-24-14-13-21(31)26-25(17-7-3-2-4-8-17)28(35-27(24)26)29(37)36-34-16-18-9-5-6-10-23(18)40-30(38)20-12-11-19(32)15-22(20)33/h2-16,35H,1H3,(H,36,37). The lowest BCUT2D eigenvalue weighted by molar-refractivity contribution is 0.0734. The maximum absolute atomic E-state index is 13.4. The molecule has 5 aromatic rings. The van der Waals surface area contributed by atoms with Gasteiger partial charge in [-0.15, -0.1) is 0 Å². The van der Waals surface area contributed by atoms with E-state index in [1.807, 2.05) is 42.5 Å². The number of hydrogen-bond donors (Lipinski definition) is 2. The number of ether oxygens (including phenoxy) is 2. The summed E-state index contributed by atoms with van der Waals surface area (Å²) < 4.78 is 11.9. The number of para-hydroxylation sites is 1. The molecule has 2 N–H and O–H groups in total. The molecule has 0 radical (unpaired) electrons. The summed E-state index contributed by atoms with van der Waals surface area (Å²) in [5.41, 5.74) is 5.72. The second-order valence-electron chi connectivity index (χ2n) is 8.49. The first-order valence-corrected chi connectivity index (χ1v) is 13.5. The monoisotopic (exact) mass is 635 g/mol. The van der Waals surface area contributed by atoms with Crippen molar-refractivity contribution in [3.05, 3.63) is 116 Å². The van der Waals surface area contributed by atoms with Crippen molar-refractivity contribution in [1.29, 1.82) is 0 Å². The average Bonchev–Trinajstić information content (AvgIpc) is 3.36. The zero-order valence-corrected chi connectivity index (χ0v) is 24.0. The van der Waals surface area contributed by atoms with Crippen LogP contribution in [0, 0.1) is 0 Å². The van der Waals surface area contributed by atoms with E-state index in [1.165, 1.54) is 18.3 Å². The van der Waals surface area contributed by atoms with E-state index in [-0.39, 0.29) is 16.3 Å². The number of esters is 1. The lowest BCUT2D eigenvalue weighted by Gasteiger charge is -2.08. The van der Waals surface area contributed by atoms with Crippen LogP contribution >= 0.6 is 39.1 Å². The first kappa shape index (κ1) is 27.5. The summed E-state index contributed by atoms with van der Waals surface area (Å²) in [6, 6.07) is 24.5. The Morgan fingerprint density at radius 3 is 2.45 bits per heavy atom. The quantitative estimate of drug-likeness (QED) is 0.0822. The summed E-state index contributed by atoms with van der Waals surface area (Å²) >= 11 is 15.7. The van der Waals surface area contributed by atoms with Crippen molar-refractivity contribution in [2.24, 2.45) is 5.10 Å². The van der Waals surface area contributed by atoms with Crippen LogP contribution in [0.25, 0.3) is 22.0 Å². The van der Waals surface area contributed by atoms with Gasteiger partial charge in [0.2, 0.25) is 0 Å². The molecule has 200 valence electrons. The van der Waals surface area contributed by atoms with Crippen LogP contribution in [0.1, 0.15) is 26.4 Å². The van der Waals surface area contributed by atoms with Crippen molar-refractivity contribution in [1.82, 2.24) is 10.4 Å². The fourth-order valence-electron chi connectivity index (χ4n) is 4.18. The molecule has 0 saturated heterocycles. The normalized spacial score (nSPS) is 11.1. The van der Waals surface area contributed by atoms with Gasteiger partial charge in [-0.25, -0.2) is 10.2 Å². The number of aromatic amines is 1. The van der Waals surface area contributed by atoms with Crippen molar-refractivity contribution >= 4 is 68.1 Å². The number of nitrogens with one attached hydrogen (secondary N) is 2. The second kappa shape index (κ2) is 12.0. The Morgan fingerprint density at radius 2 is 1.70 bits per heavy atom. The van der Waals surface area contributed by atoms with Gasteiger partial charge in [-0.1, -0.05) is 81.6 Å². The minimum atomic E-state index is -0.656. The molecule has 7 nitrogen and oxygen atoms in total. The van der Waals surface area contributed by atoms with Crippen LogP contribution < -0.4 is 14.9 Å². The molecule has 1 amide bonds. The summed E-state index contributed by atoms with van der Waals surface area (Å²) in [4.78, 5) is 29.3. The number of nitrogens with zero attached hydrogens (tertiary/aromatic N) is 1. The third-order valence-electron chi connectivity index (χ3n) is 6.02. The smallest absolute Gasteiger partial charge is 0.345 e. The number of benzene rings is 4. The van der Waals surface area contributed by atoms with Crippen LogP contribution in [0.2, 0.25) is 10.0 Å². The Balaban J connectivity index is 1.43. The van der Waals surface area contributed by atoms with Gasteiger partial charge >= 0.3 is 5.97 Å². The van der Waals surface area contributed by atoms with E-state index >= 15 is 0 Å². The minimum Gasteiger partial charge on any atom is -0.495 e. The number of carbonyl (C=O) groups excluding carboxylic acids is 2. The molecule has 0 aliphatic heterocycles. The van der Waals surface area contributed by atoms with Crippen LogP contribution in [0.5, 0.6) is 11.5 Å². The second-order valence-corrected chi connectivity index (χ2v) is 10.2. The van der Waals surface area contributed by atoms with E-state index in [0.29, 0.717) is 33.1 Å². The number of rotatable bonds is 7. The van der Waals surface area contributed by atoms with Crippen molar-refractivity contribution in [2.75, 3.05) is 7.11 Å². The first-order chi connectivity index (χ1) is 19.4. The minimum absolute atomic E-state index is 0.167. The van der Waals surface area contributed by atoms with Gasteiger partial charge in [-0.3, -0.25) is 4.79 Å². The molecule has 10 heteroatoms. The third kappa shape index (κ3) is 5.60. The Kier molecular flexibility index (Phi) is 8.21. The van der Waals surface area contributed by atoms with Gasteiger partial charge in [-0.05, 0) is 48.0 Å². The molecule has 0 spiro atoms. The van der Waals surface area contributed by atoms with Gasteiger partial charge < -0.3 is 14.5 Å².